The topological polar surface area (TPSA) is 82.1 Å². The molecule has 1 amide bonds. The summed E-state index contributed by atoms with van der Waals surface area (Å²) in [6.45, 7) is 18.0. The lowest BCUT2D eigenvalue weighted by atomic mass is 9.81. The molecule has 32 heavy (non-hydrogen) atoms. The van der Waals surface area contributed by atoms with Crippen molar-refractivity contribution >= 4 is 26.3 Å². The van der Waals surface area contributed by atoms with Crippen LogP contribution in [0, 0.1) is 5.92 Å². The van der Waals surface area contributed by atoms with Gasteiger partial charge in [0, 0.05) is 0 Å². The third kappa shape index (κ3) is 5.23. The van der Waals surface area contributed by atoms with E-state index in [2.05, 4.69) is 40.4 Å². The van der Waals surface area contributed by atoms with Crippen LogP contribution in [0.15, 0.2) is 42.5 Å². The van der Waals surface area contributed by atoms with Crippen LogP contribution in [-0.2, 0) is 30.4 Å². The summed E-state index contributed by atoms with van der Waals surface area (Å²) in [5, 5.41) is -0.139. The van der Waals surface area contributed by atoms with E-state index in [-0.39, 0.29) is 29.7 Å². The van der Waals surface area contributed by atoms with E-state index >= 15 is 0 Å². The van der Waals surface area contributed by atoms with Gasteiger partial charge in [-0.2, -0.15) is 0 Å². The number of benzene rings is 1. The fourth-order valence-corrected chi connectivity index (χ4v) is 6.08. The molecule has 1 fully saturated rings. The summed E-state index contributed by atoms with van der Waals surface area (Å²) in [7, 11) is -2.32. The number of amides is 1. The zero-order chi connectivity index (χ0) is 24.3. The van der Waals surface area contributed by atoms with Crippen molar-refractivity contribution in [3.05, 3.63) is 48.0 Å². The van der Waals surface area contributed by atoms with Gasteiger partial charge in [0.1, 0.15) is 12.7 Å². The van der Waals surface area contributed by atoms with Crippen molar-refractivity contribution in [2.75, 3.05) is 6.61 Å². The maximum Gasteiger partial charge on any atom is 0.508 e. The molecule has 2 rings (SSSR count). The van der Waals surface area contributed by atoms with Crippen LogP contribution < -0.4 is 0 Å². The zero-order valence-corrected chi connectivity index (χ0v) is 21.1. The van der Waals surface area contributed by atoms with Gasteiger partial charge < -0.3 is 18.8 Å². The first-order valence-corrected chi connectivity index (χ1v) is 13.8. The summed E-state index contributed by atoms with van der Waals surface area (Å²) < 4.78 is 17.6. The molecule has 1 aromatic rings. The van der Waals surface area contributed by atoms with Gasteiger partial charge in [-0.05, 0) is 24.4 Å². The molecule has 0 spiro atoms. The van der Waals surface area contributed by atoms with E-state index in [1.165, 1.54) is 0 Å². The molecule has 1 saturated heterocycles. The molecule has 0 unspecified atom stereocenters. The number of carbonyl (C=O) groups is 3. The van der Waals surface area contributed by atoms with E-state index < -0.39 is 38.4 Å². The average Bonchev–Trinajstić information content (AvgIpc) is 2.69. The van der Waals surface area contributed by atoms with Crippen molar-refractivity contribution in [3.8, 4) is 0 Å². The van der Waals surface area contributed by atoms with Crippen LogP contribution in [0.3, 0.4) is 0 Å². The van der Waals surface area contributed by atoms with Gasteiger partial charge in [-0.3, -0.25) is 4.79 Å². The summed E-state index contributed by atoms with van der Waals surface area (Å²) in [4.78, 5) is 38.0. The number of esters is 1. The van der Waals surface area contributed by atoms with E-state index in [9.17, 15) is 14.4 Å². The van der Waals surface area contributed by atoms with Gasteiger partial charge in [0.2, 0.25) is 5.91 Å². The van der Waals surface area contributed by atoms with Gasteiger partial charge in [-0.25, -0.2) is 9.59 Å². The number of nitrogens with zero attached hydrogens (tertiary/aromatic N) is 1. The molecule has 1 aliphatic rings. The molecule has 0 aromatic heterocycles. The van der Waals surface area contributed by atoms with Crippen LogP contribution in [0.1, 0.15) is 40.2 Å². The molecule has 0 N–H and O–H groups in total. The summed E-state index contributed by atoms with van der Waals surface area (Å²) >= 11 is 0. The lowest BCUT2D eigenvalue weighted by Crippen LogP contribution is -2.75. The normalized spacial score (nSPS) is 19.6. The number of hydrogen-bond donors (Lipinski definition) is 0. The van der Waals surface area contributed by atoms with E-state index in [0.717, 1.165) is 5.56 Å². The maximum atomic E-state index is 13.3. The van der Waals surface area contributed by atoms with Gasteiger partial charge in [-0.15, -0.1) is 0 Å². The van der Waals surface area contributed by atoms with Crippen molar-refractivity contribution in [3.63, 3.8) is 0 Å². The predicted molar refractivity (Wildman–Crippen MR) is 124 cm³/mol. The summed E-state index contributed by atoms with van der Waals surface area (Å²) in [5.74, 6) is -1.40. The highest BCUT2D eigenvalue weighted by atomic mass is 28.3. The second-order valence-electron chi connectivity index (χ2n) is 9.58. The fourth-order valence-electron chi connectivity index (χ4n) is 3.65. The Hall–Kier alpha value is -2.61. The predicted octanol–water partition coefficient (Wildman–Crippen LogP) is 4.68. The van der Waals surface area contributed by atoms with Gasteiger partial charge in [0.05, 0.1) is 24.1 Å². The maximum absolute atomic E-state index is 13.3. The van der Waals surface area contributed by atoms with Crippen LogP contribution in [0.2, 0.25) is 18.1 Å². The molecular weight excluding hydrogens is 426 g/mol. The fraction of sp³-hybridized carbons (Fsp3) is 0.542. The van der Waals surface area contributed by atoms with Crippen molar-refractivity contribution in [1.29, 1.82) is 0 Å². The van der Waals surface area contributed by atoms with E-state index in [1.807, 2.05) is 30.3 Å². The van der Waals surface area contributed by atoms with Gasteiger partial charge >= 0.3 is 12.1 Å². The first-order valence-electron chi connectivity index (χ1n) is 10.9. The van der Waals surface area contributed by atoms with E-state index in [1.54, 1.807) is 18.4 Å². The molecule has 7 nitrogen and oxygen atoms in total. The Labute approximate surface area is 191 Å². The molecular formula is C24H35NO6Si. The average molecular weight is 462 g/mol. The molecule has 3 atom stereocenters. The molecule has 1 heterocycles. The minimum Gasteiger partial charge on any atom is -0.463 e. The third-order valence-electron chi connectivity index (χ3n) is 6.46. The van der Waals surface area contributed by atoms with Crippen LogP contribution in [-0.4, -0.2) is 49.6 Å². The molecule has 0 bridgehead atoms. The van der Waals surface area contributed by atoms with Crippen molar-refractivity contribution in [2.24, 2.45) is 5.92 Å². The molecule has 1 aromatic carbocycles. The SMILES string of the molecule is C=C(C(=O)OCC)[C@@H]1[C@@H]([C@@H](C)OC(=O)OCc2ccccc2)C(=O)N1[Si](C)(C)C(C)(C)C. The van der Waals surface area contributed by atoms with Gasteiger partial charge in [-0.1, -0.05) is 70.8 Å². The Morgan fingerprint density at radius 1 is 1.16 bits per heavy atom. The lowest BCUT2D eigenvalue weighted by molar-refractivity contribution is -0.155. The van der Waals surface area contributed by atoms with Crippen LogP contribution in [0.4, 0.5) is 4.79 Å². The van der Waals surface area contributed by atoms with Crippen LogP contribution in [0.5, 0.6) is 0 Å². The Kier molecular flexibility index (Phi) is 7.93. The number of ether oxygens (including phenoxy) is 3. The Balaban J connectivity index is 2.18. The number of carbonyl (C=O) groups excluding carboxylic acids is 3. The second kappa shape index (κ2) is 9.89. The number of β-lactam (4-membered cyclic amide) rings is 1. The number of hydrogen-bond acceptors (Lipinski definition) is 6. The molecule has 0 radical (unpaired) electrons. The first-order chi connectivity index (χ1) is 14.8. The highest BCUT2D eigenvalue weighted by Gasteiger charge is 2.61. The van der Waals surface area contributed by atoms with Crippen molar-refractivity contribution < 1.29 is 28.6 Å². The Bertz CT molecular complexity index is 861. The summed E-state index contributed by atoms with van der Waals surface area (Å²) in [5.41, 5.74) is 1.03. The molecule has 8 heteroatoms. The van der Waals surface area contributed by atoms with Gasteiger partial charge in [0.15, 0.2) is 8.24 Å². The molecule has 0 saturated carbocycles. The molecule has 0 aliphatic carbocycles. The quantitative estimate of drug-likeness (QED) is 0.242. The molecule has 176 valence electrons. The van der Waals surface area contributed by atoms with Crippen LogP contribution >= 0.6 is 0 Å². The Morgan fingerprint density at radius 3 is 2.28 bits per heavy atom. The van der Waals surface area contributed by atoms with Crippen molar-refractivity contribution in [2.45, 2.75) is 71.5 Å². The smallest absolute Gasteiger partial charge is 0.463 e. The van der Waals surface area contributed by atoms with E-state index in [4.69, 9.17) is 14.2 Å². The summed E-state index contributed by atoms with van der Waals surface area (Å²) in [6.07, 6.45) is -1.65. The highest BCUT2D eigenvalue weighted by Crippen LogP contribution is 2.47. The third-order valence-corrected chi connectivity index (χ3v) is 11.8. The van der Waals surface area contributed by atoms with Crippen molar-refractivity contribution in [1.82, 2.24) is 4.57 Å². The monoisotopic (exact) mass is 461 g/mol. The van der Waals surface area contributed by atoms with E-state index in [0.29, 0.717) is 0 Å². The zero-order valence-electron chi connectivity index (χ0n) is 20.1. The van der Waals surface area contributed by atoms with Gasteiger partial charge in [0.25, 0.3) is 0 Å². The summed E-state index contributed by atoms with van der Waals surface area (Å²) in [6, 6.07) is 8.66. The number of rotatable bonds is 8. The standard InChI is InChI=1S/C24H35NO6Si/c1-9-29-22(27)16(2)20-19(21(26)25(20)32(7,8)24(4,5)6)17(3)31-23(28)30-15-18-13-11-10-12-14-18/h10-14,17,19-20H,2,9,15H2,1,3-8H3/t17-,19-,20-/m1/s1. The first kappa shape index (κ1) is 25.6. The second-order valence-corrected chi connectivity index (χ2v) is 14.7. The Morgan fingerprint density at radius 2 is 1.75 bits per heavy atom. The largest absolute Gasteiger partial charge is 0.508 e. The highest BCUT2D eigenvalue weighted by molar-refractivity contribution is 6.80. The minimum atomic E-state index is -2.32. The molecule has 1 aliphatic heterocycles. The minimum absolute atomic E-state index is 0.0695. The lowest BCUT2D eigenvalue weighted by Gasteiger charge is -2.59. The van der Waals surface area contributed by atoms with Crippen LogP contribution in [0.25, 0.3) is 0 Å².